The van der Waals surface area contributed by atoms with E-state index in [1.807, 2.05) is 0 Å². The minimum absolute atomic E-state index is 0. The molecule has 8 aromatic rings. The van der Waals surface area contributed by atoms with Crippen LogP contribution in [0.1, 0.15) is 43.2 Å². The number of rotatable bonds is 11. The van der Waals surface area contributed by atoms with Gasteiger partial charge in [-0.25, -0.2) is 35.6 Å². The maximum Gasteiger partial charge on any atom is 0.314 e. The Bertz CT molecular complexity index is 3020. The molecule has 4 aromatic carbocycles. The van der Waals surface area contributed by atoms with E-state index in [-0.39, 0.29) is 48.1 Å². The van der Waals surface area contributed by atoms with Crippen LogP contribution in [0.15, 0.2) is 103 Å². The summed E-state index contributed by atoms with van der Waals surface area (Å²) in [4.78, 5) is 7.88. The Hall–Kier alpha value is -6.34. The van der Waals surface area contributed by atoms with Gasteiger partial charge >= 0.3 is 12.9 Å². The lowest BCUT2D eigenvalue weighted by Crippen LogP contribution is -2.29. The van der Waals surface area contributed by atoms with Gasteiger partial charge in [0.15, 0.2) is 24.0 Å². The summed E-state index contributed by atoms with van der Waals surface area (Å²) in [7, 11) is -7.01. The van der Waals surface area contributed by atoms with Crippen molar-refractivity contribution in [1.82, 2.24) is 30.4 Å². The zero-order valence-corrected chi connectivity index (χ0v) is 34.2. The van der Waals surface area contributed by atoms with Crippen molar-refractivity contribution in [3.8, 4) is 22.9 Å². The van der Waals surface area contributed by atoms with Crippen LogP contribution < -0.4 is 9.03 Å². The van der Waals surface area contributed by atoms with Gasteiger partial charge in [0.1, 0.15) is 22.7 Å². The lowest BCUT2D eigenvalue weighted by atomic mass is 10.1. The third-order valence-electron chi connectivity index (χ3n) is 7.95. The molecule has 4 heterocycles. The maximum absolute atomic E-state index is 14.7. The maximum atomic E-state index is 14.7. The Morgan fingerprint density at radius 3 is 1.63 bits per heavy atom. The number of hydrogen-bond donors (Lipinski definition) is 1. The van der Waals surface area contributed by atoms with Gasteiger partial charge in [0, 0.05) is 34.2 Å². The van der Waals surface area contributed by atoms with Crippen LogP contribution in [0.25, 0.3) is 45.1 Å². The monoisotopic (exact) mass is 972 g/mol. The van der Waals surface area contributed by atoms with E-state index < -0.39 is 56.3 Å². The van der Waals surface area contributed by atoms with Crippen LogP contribution in [-0.4, -0.2) is 59.7 Å². The number of halogens is 7. The Kier molecular flexibility index (Phi) is 14.8. The predicted octanol–water partition coefficient (Wildman–Crippen LogP) is 9.46. The number of hydrogen-bond acceptors (Lipinski definition) is 14. The number of benzene rings is 4. The van der Waals surface area contributed by atoms with E-state index in [9.17, 15) is 43.2 Å². The highest BCUT2D eigenvalue weighted by atomic mass is 79.9. The first kappa shape index (κ1) is 46.7. The first-order valence-corrected chi connectivity index (χ1v) is 21.7. The van der Waals surface area contributed by atoms with Crippen LogP contribution in [-0.2, 0) is 31.9 Å². The fourth-order valence-corrected chi connectivity index (χ4v) is 7.04. The minimum atomic E-state index is -3.77. The summed E-state index contributed by atoms with van der Waals surface area (Å²) in [6, 6.07) is 17.4. The summed E-state index contributed by atoms with van der Waals surface area (Å²) in [5, 5.41) is 13.6. The SMILES string of the molecule is C.CS(=O)(=O)N(Cc1ccc(-c2nnc(C(F)F)o2)cc1F)c1ccc2ncoc2c1.CS(=O)(=O)Nc1ccc2ncoc2c1.Fc1cc(-c2nnc(C(F)F)o2)ccc1CBr. The molecule has 0 saturated heterocycles. The van der Waals surface area contributed by atoms with E-state index in [1.165, 1.54) is 55.3 Å². The van der Waals surface area contributed by atoms with Crippen molar-refractivity contribution < 1.29 is 60.8 Å². The highest BCUT2D eigenvalue weighted by Gasteiger charge is 2.23. The number of nitrogens with zero attached hydrogens (tertiary/aromatic N) is 7. The van der Waals surface area contributed by atoms with E-state index in [1.54, 1.807) is 24.3 Å². The molecule has 0 bridgehead atoms. The zero-order chi connectivity index (χ0) is 44.1. The van der Waals surface area contributed by atoms with Gasteiger partial charge in [-0.05, 0) is 54.1 Å². The fraction of sp³-hybridized carbons (Fsp3) is 0.189. The molecule has 1 N–H and O–H groups in total. The summed E-state index contributed by atoms with van der Waals surface area (Å²) in [6.45, 7) is -0.309. The smallest absolute Gasteiger partial charge is 0.314 e. The van der Waals surface area contributed by atoms with Crippen molar-refractivity contribution >= 4 is 69.6 Å². The second kappa shape index (κ2) is 19.6. The molecule has 0 aliphatic carbocycles. The van der Waals surface area contributed by atoms with Gasteiger partial charge in [-0.2, -0.15) is 17.6 Å². The summed E-state index contributed by atoms with van der Waals surface area (Å²) < 4.78 is 147. The second-order valence-electron chi connectivity index (χ2n) is 12.4. The number of anilines is 2. The molecule has 0 aliphatic heterocycles. The lowest BCUT2D eigenvalue weighted by Gasteiger charge is -2.22. The van der Waals surface area contributed by atoms with Crippen LogP contribution in [0.2, 0.25) is 0 Å². The van der Waals surface area contributed by atoms with E-state index in [0.29, 0.717) is 38.8 Å². The fourth-order valence-electron chi connectivity index (χ4n) is 5.16. The summed E-state index contributed by atoms with van der Waals surface area (Å²) in [6.07, 6.45) is -1.14. The van der Waals surface area contributed by atoms with Crippen LogP contribution in [0.5, 0.6) is 0 Å². The van der Waals surface area contributed by atoms with Gasteiger partial charge in [-0.15, -0.1) is 20.4 Å². The van der Waals surface area contributed by atoms with Crippen molar-refractivity contribution in [3.05, 3.63) is 120 Å². The average molecular weight is 974 g/mol. The Morgan fingerprint density at radius 1 is 0.677 bits per heavy atom. The average Bonchev–Trinajstić information content (AvgIpc) is 4.04. The van der Waals surface area contributed by atoms with Gasteiger partial charge in [0.25, 0.3) is 11.8 Å². The van der Waals surface area contributed by atoms with Gasteiger partial charge in [-0.3, -0.25) is 9.03 Å². The van der Waals surface area contributed by atoms with Gasteiger partial charge < -0.3 is 17.7 Å². The number of aromatic nitrogens is 6. The molecule has 0 spiro atoms. The lowest BCUT2D eigenvalue weighted by molar-refractivity contribution is 0.115. The number of oxazole rings is 2. The van der Waals surface area contributed by atoms with Gasteiger partial charge in [-0.1, -0.05) is 35.5 Å². The predicted molar refractivity (Wildman–Crippen MR) is 216 cm³/mol. The van der Waals surface area contributed by atoms with Crippen molar-refractivity contribution in [1.29, 1.82) is 0 Å². The molecule has 0 aliphatic rings. The molecule has 16 nitrogen and oxygen atoms in total. The molecule has 0 atom stereocenters. The molecule has 62 heavy (non-hydrogen) atoms. The molecule has 4 aromatic heterocycles. The van der Waals surface area contributed by atoms with Crippen molar-refractivity contribution in [2.45, 2.75) is 32.2 Å². The highest BCUT2D eigenvalue weighted by molar-refractivity contribution is 9.08. The third kappa shape index (κ3) is 11.7. The van der Waals surface area contributed by atoms with Crippen molar-refractivity contribution in [2.75, 3.05) is 21.5 Å². The van der Waals surface area contributed by atoms with E-state index >= 15 is 0 Å². The van der Waals surface area contributed by atoms with E-state index in [0.717, 1.165) is 22.9 Å². The molecular weight excluding hydrogens is 942 g/mol. The van der Waals surface area contributed by atoms with E-state index in [4.69, 9.17) is 17.7 Å². The largest absolute Gasteiger partial charge is 0.443 e. The molecule has 0 saturated carbocycles. The number of sulfonamides is 2. The minimum Gasteiger partial charge on any atom is -0.443 e. The van der Waals surface area contributed by atoms with E-state index in [2.05, 4.69) is 51.0 Å². The van der Waals surface area contributed by atoms with Crippen LogP contribution in [0.4, 0.5) is 37.7 Å². The summed E-state index contributed by atoms with van der Waals surface area (Å²) >= 11 is 3.12. The first-order valence-electron chi connectivity index (χ1n) is 16.9. The Morgan fingerprint density at radius 2 is 1.18 bits per heavy atom. The second-order valence-corrected chi connectivity index (χ2v) is 16.6. The Balaban J connectivity index is 0.000000192. The topological polar surface area (TPSA) is 213 Å². The van der Waals surface area contributed by atoms with Gasteiger partial charge in [0.2, 0.25) is 31.8 Å². The van der Waals surface area contributed by atoms with Gasteiger partial charge in [0.05, 0.1) is 30.4 Å². The van der Waals surface area contributed by atoms with Crippen molar-refractivity contribution in [3.63, 3.8) is 0 Å². The number of alkyl halides is 5. The number of nitrogens with one attached hydrogen (secondary N) is 1. The molecule has 25 heteroatoms. The zero-order valence-electron chi connectivity index (χ0n) is 31.0. The highest BCUT2D eigenvalue weighted by Crippen LogP contribution is 2.29. The van der Waals surface area contributed by atoms with Crippen LogP contribution in [0.3, 0.4) is 0 Å². The standard InChI is InChI=1S/C18H13F3N4O4S.C10H6BrF3N2O.C8H8N2O3S.CH4/c1-30(26,27)25(12-4-5-14-15(7-12)28-9-22-14)8-11-3-2-10(6-13(11)19)17-23-24-18(29-17)16(20)21;11-4-6-2-1-5(3-7(6)12)9-15-16-10(17-9)8(13)14;1-14(11,12)10-6-2-3-7-8(4-6)13-5-9-7;/h2-7,9,16H,8H2,1H3;1-3,8H,4H2;2-5,10H,1H3;1H4. The molecule has 328 valence electrons. The molecular formula is C37H31BrF6N8O8S2. The Labute approximate surface area is 356 Å². The van der Waals surface area contributed by atoms with Crippen molar-refractivity contribution in [2.24, 2.45) is 0 Å². The molecule has 0 radical (unpaired) electrons. The van der Waals surface area contributed by atoms with Crippen LogP contribution >= 0.6 is 15.9 Å². The summed E-state index contributed by atoms with van der Waals surface area (Å²) in [5.41, 5.74) is 3.78. The molecule has 8 rings (SSSR count). The molecule has 0 fully saturated rings. The third-order valence-corrected chi connectivity index (χ3v) is 10.3. The molecule has 0 amide bonds. The summed E-state index contributed by atoms with van der Waals surface area (Å²) in [5.74, 6) is -3.27. The van der Waals surface area contributed by atoms with Crippen LogP contribution in [0, 0.1) is 11.6 Å². The first-order chi connectivity index (χ1) is 28.9. The normalized spacial score (nSPS) is 11.5. The quantitative estimate of drug-likeness (QED) is 0.0945. The number of fused-ring (bicyclic) bond motifs is 2. The molecule has 0 unspecified atom stereocenters.